The predicted octanol–water partition coefficient (Wildman–Crippen LogP) is 5.49. The third-order valence-corrected chi connectivity index (χ3v) is 6.32. The van der Waals surface area contributed by atoms with E-state index in [2.05, 4.69) is 0 Å². The molecule has 0 bridgehead atoms. The van der Waals surface area contributed by atoms with Crippen molar-refractivity contribution in [2.45, 2.75) is 56.6 Å². The summed E-state index contributed by atoms with van der Waals surface area (Å²) in [7, 11) is -9.57. The van der Waals surface area contributed by atoms with Crippen LogP contribution in [0.25, 0.3) is 0 Å². The number of carboxylic acids is 1. The van der Waals surface area contributed by atoms with Gasteiger partial charge in [-0.05, 0) is 32.6 Å². The Balaban J connectivity index is 2.93. The van der Waals surface area contributed by atoms with E-state index in [4.69, 9.17) is 5.11 Å². The fourth-order valence-corrected chi connectivity index (χ4v) is 3.57. The zero-order chi connectivity index (χ0) is 15.0. The second-order valence-corrected chi connectivity index (χ2v) is 8.52. The van der Waals surface area contributed by atoms with E-state index >= 15 is 0 Å². The predicted molar refractivity (Wildman–Crippen MR) is 65.0 cm³/mol. The van der Waals surface area contributed by atoms with Crippen molar-refractivity contribution in [3.8, 4) is 0 Å². The summed E-state index contributed by atoms with van der Waals surface area (Å²) in [5.41, 5.74) is 0. The Bertz CT molecular complexity index is 366. The van der Waals surface area contributed by atoms with Crippen molar-refractivity contribution in [1.82, 2.24) is 0 Å². The Morgan fingerprint density at radius 3 is 2.00 bits per heavy atom. The molecule has 1 N–H and O–H groups in total. The van der Waals surface area contributed by atoms with Crippen LogP contribution in [0.15, 0.2) is 0 Å². The van der Waals surface area contributed by atoms with Crippen LogP contribution in [-0.2, 0) is 4.79 Å². The Morgan fingerprint density at radius 2 is 1.53 bits per heavy atom. The van der Waals surface area contributed by atoms with Crippen LogP contribution in [0.4, 0.5) is 19.4 Å². The molecule has 2 unspecified atom stereocenters. The molecule has 116 valence electrons. The first-order valence-electron chi connectivity index (χ1n) is 6.22. The fourth-order valence-electron chi connectivity index (χ4n) is 2.51. The molecule has 0 amide bonds. The highest BCUT2D eigenvalue weighted by atomic mass is 32.5. The van der Waals surface area contributed by atoms with E-state index in [1.54, 1.807) is 0 Å². The standard InChI is InChI=1S/C11H19F5O2S/c1-11(19(12,13,14,15)16)7-3-2-5-9(10(17)18)6-4-8-11/h9H,2-8H2,1H3,(H,17,18). The average Bonchev–Trinajstić information content (AvgIpc) is 2.25. The Morgan fingerprint density at radius 1 is 1.05 bits per heavy atom. The lowest BCUT2D eigenvalue weighted by atomic mass is 9.96. The second kappa shape index (κ2) is 4.23. The molecule has 19 heavy (non-hydrogen) atoms. The fraction of sp³-hybridized carbons (Fsp3) is 0.909. The van der Waals surface area contributed by atoms with Gasteiger partial charge in [0.15, 0.2) is 0 Å². The van der Waals surface area contributed by atoms with Gasteiger partial charge < -0.3 is 5.11 Å². The van der Waals surface area contributed by atoms with Gasteiger partial charge >= 0.3 is 5.97 Å². The average molecular weight is 310 g/mol. The lowest BCUT2D eigenvalue weighted by molar-refractivity contribution is -0.142. The maximum Gasteiger partial charge on any atom is 0.306 e. The van der Waals surface area contributed by atoms with Crippen molar-refractivity contribution >= 4 is 16.2 Å². The molecule has 0 aromatic carbocycles. The summed E-state index contributed by atoms with van der Waals surface area (Å²) in [5, 5.41) is 8.88. The summed E-state index contributed by atoms with van der Waals surface area (Å²) >= 11 is 0. The van der Waals surface area contributed by atoms with Crippen molar-refractivity contribution in [3.05, 3.63) is 0 Å². The minimum Gasteiger partial charge on any atom is -0.481 e. The van der Waals surface area contributed by atoms with Gasteiger partial charge in [-0.2, -0.15) is 0 Å². The molecule has 0 radical (unpaired) electrons. The molecular weight excluding hydrogens is 291 g/mol. The lowest BCUT2D eigenvalue weighted by Gasteiger charge is -2.54. The van der Waals surface area contributed by atoms with Gasteiger partial charge in [0, 0.05) is 0 Å². The number of halogens is 5. The summed E-state index contributed by atoms with van der Waals surface area (Å²) in [6.45, 7) is 0.579. The molecule has 0 saturated heterocycles. The number of hydrogen-bond acceptors (Lipinski definition) is 1. The van der Waals surface area contributed by atoms with Crippen LogP contribution in [0.2, 0.25) is 0 Å². The molecule has 0 aromatic rings. The molecule has 8 heteroatoms. The first-order chi connectivity index (χ1) is 8.26. The molecular formula is C11H19F5O2S. The van der Waals surface area contributed by atoms with E-state index in [-0.39, 0.29) is 32.1 Å². The molecule has 1 aliphatic carbocycles. The van der Waals surface area contributed by atoms with Crippen LogP contribution < -0.4 is 0 Å². The van der Waals surface area contributed by atoms with Crippen molar-refractivity contribution in [1.29, 1.82) is 0 Å². The SMILES string of the molecule is CC1(S(F)(F)(F)(F)F)CCCCC(C(=O)O)CCC1. The minimum atomic E-state index is -9.57. The van der Waals surface area contributed by atoms with Crippen molar-refractivity contribution in [2.24, 2.45) is 5.92 Å². The quantitative estimate of drug-likeness (QED) is 0.685. The van der Waals surface area contributed by atoms with Gasteiger partial charge in [0.1, 0.15) is 4.75 Å². The molecule has 0 aromatic heterocycles. The van der Waals surface area contributed by atoms with Crippen LogP contribution >= 0.6 is 10.2 Å². The molecule has 1 saturated carbocycles. The molecule has 0 heterocycles. The van der Waals surface area contributed by atoms with Gasteiger partial charge in [-0.1, -0.05) is 38.7 Å². The van der Waals surface area contributed by atoms with E-state index in [1.165, 1.54) is 0 Å². The van der Waals surface area contributed by atoms with Crippen LogP contribution in [-0.4, -0.2) is 15.8 Å². The van der Waals surface area contributed by atoms with Crippen LogP contribution in [0, 0.1) is 5.92 Å². The van der Waals surface area contributed by atoms with E-state index in [9.17, 15) is 24.2 Å². The third-order valence-electron chi connectivity index (χ3n) is 4.05. The summed E-state index contributed by atoms with van der Waals surface area (Å²) in [6, 6.07) is 0. The summed E-state index contributed by atoms with van der Waals surface area (Å²) in [4.78, 5) is 10.9. The van der Waals surface area contributed by atoms with Crippen molar-refractivity contribution < 1.29 is 29.3 Å². The number of aliphatic carboxylic acids is 1. The highest BCUT2D eigenvalue weighted by Crippen LogP contribution is 3.04. The first kappa shape index (κ1) is 16.5. The van der Waals surface area contributed by atoms with Gasteiger partial charge in [-0.15, -0.1) is 0 Å². The molecule has 0 spiro atoms. The van der Waals surface area contributed by atoms with Gasteiger partial charge in [0.05, 0.1) is 5.92 Å². The van der Waals surface area contributed by atoms with Gasteiger partial charge in [0.2, 0.25) is 0 Å². The summed E-state index contributed by atoms with van der Waals surface area (Å²) in [6.07, 6.45) is -0.970. The smallest absolute Gasteiger partial charge is 0.306 e. The second-order valence-electron chi connectivity index (χ2n) is 5.59. The highest BCUT2D eigenvalue weighted by Gasteiger charge is 2.75. The first-order valence-corrected chi connectivity index (χ1v) is 8.17. The number of rotatable bonds is 2. The van der Waals surface area contributed by atoms with Crippen LogP contribution in [0.3, 0.4) is 0 Å². The number of carboxylic acid groups (broad SMARTS) is 1. The largest absolute Gasteiger partial charge is 0.481 e. The van der Waals surface area contributed by atoms with Crippen LogP contribution in [0.5, 0.6) is 0 Å². The minimum absolute atomic E-state index is 0.0219. The summed E-state index contributed by atoms with van der Waals surface area (Å²) in [5.74, 6) is -1.78. The van der Waals surface area contributed by atoms with Crippen molar-refractivity contribution in [2.75, 3.05) is 0 Å². The molecule has 2 atom stereocenters. The molecule has 0 aliphatic heterocycles. The highest BCUT2D eigenvalue weighted by molar-refractivity contribution is 8.46. The topological polar surface area (TPSA) is 37.3 Å². The van der Waals surface area contributed by atoms with E-state index in [0.29, 0.717) is 6.92 Å². The molecule has 2 nitrogen and oxygen atoms in total. The lowest BCUT2D eigenvalue weighted by Crippen LogP contribution is -2.38. The van der Waals surface area contributed by atoms with E-state index in [1.807, 2.05) is 0 Å². The monoisotopic (exact) mass is 310 g/mol. The Labute approximate surface area is 109 Å². The number of hydrogen-bond donors (Lipinski definition) is 1. The zero-order valence-electron chi connectivity index (χ0n) is 10.7. The Kier molecular flexibility index (Phi) is 3.68. The number of carbonyl (C=O) groups is 1. The summed E-state index contributed by atoms with van der Waals surface area (Å²) < 4.78 is 62.4. The zero-order valence-corrected chi connectivity index (χ0v) is 11.5. The maximum atomic E-state index is 13.1. The van der Waals surface area contributed by atoms with E-state index in [0.717, 1.165) is 0 Å². The normalized spacial score (nSPS) is 34.3. The van der Waals surface area contributed by atoms with E-state index < -0.39 is 39.7 Å². The van der Waals surface area contributed by atoms with Gasteiger partial charge in [-0.25, -0.2) is 0 Å². The molecule has 1 fully saturated rings. The van der Waals surface area contributed by atoms with Gasteiger partial charge in [0.25, 0.3) is 10.2 Å². The maximum absolute atomic E-state index is 13.1. The van der Waals surface area contributed by atoms with Crippen LogP contribution in [0.1, 0.15) is 51.9 Å². The van der Waals surface area contributed by atoms with Crippen molar-refractivity contribution in [3.63, 3.8) is 0 Å². The molecule has 1 aliphatic rings. The third kappa shape index (κ3) is 3.73. The molecule has 1 rings (SSSR count). The Hall–Kier alpha value is -0.530. The van der Waals surface area contributed by atoms with Gasteiger partial charge in [-0.3, -0.25) is 4.79 Å².